The third kappa shape index (κ3) is 6.53. The van der Waals surface area contributed by atoms with Crippen LogP contribution in [0.15, 0.2) is 18.2 Å². The standard InChI is InChI=1S/C14H19F3N2O2.ClH/c1-3-21-12-7-6-10(14(15,16)17)9-11(12)19-13(20)5-4-8-18-2;/h6-7,9,18H,3-5,8H2,1-2H3,(H,19,20);1H. The fourth-order valence-corrected chi connectivity index (χ4v) is 1.72. The Hall–Kier alpha value is -1.47. The van der Waals surface area contributed by atoms with Gasteiger partial charge in [0.15, 0.2) is 0 Å². The van der Waals surface area contributed by atoms with Crippen LogP contribution in [0.25, 0.3) is 0 Å². The Kier molecular flexibility index (Phi) is 8.89. The number of hydrogen-bond donors (Lipinski definition) is 2. The lowest BCUT2D eigenvalue weighted by molar-refractivity contribution is -0.137. The summed E-state index contributed by atoms with van der Waals surface area (Å²) in [5, 5.41) is 5.37. The van der Waals surface area contributed by atoms with Crippen molar-refractivity contribution >= 4 is 24.0 Å². The highest BCUT2D eigenvalue weighted by Crippen LogP contribution is 2.35. The Labute approximate surface area is 133 Å². The molecule has 8 heteroatoms. The number of carbonyl (C=O) groups excluding carboxylic acids is 1. The minimum absolute atomic E-state index is 0. The molecule has 22 heavy (non-hydrogen) atoms. The van der Waals surface area contributed by atoms with Gasteiger partial charge in [0.25, 0.3) is 0 Å². The minimum atomic E-state index is -4.46. The predicted octanol–water partition coefficient (Wildman–Crippen LogP) is 3.46. The van der Waals surface area contributed by atoms with Crippen LogP contribution in [0.1, 0.15) is 25.3 Å². The second-order valence-corrected chi connectivity index (χ2v) is 4.40. The number of nitrogens with one attached hydrogen (secondary N) is 2. The lowest BCUT2D eigenvalue weighted by atomic mass is 10.1. The molecule has 0 atom stereocenters. The maximum Gasteiger partial charge on any atom is 0.416 e. The molecule has 0 aromatic heterocycles. The lowest BCUT2D eigenvalue weighted by Gasteiger charge is -2.14. The molecule has 1 rings (SSSR count). The highest BCUT2D eigenvalue weighted by molar-refractivity contribution is 5.92. The number of carbonyl (C=O) groups is 1. The molecule has 1 aromatic rings. The van der Waals surface area contributed by atoms with Crippen molar-refractivity contribution in [3.05, 3.63) is 23.8 Å². The van der Waals surface area contributed by atoms with E-state index >= 15 is 0 Å². The average molecular weight is 341 g/mol. The molecule has 126 valence electrons. The van der Waals surface area contributed by atoms with E-state index in [0.29, 0.717) is 19.6 Å². The number of amides is 1. The smallest absolute Gasteiger partial charge is 0.416 e. The van der Waals surface area contributed by atoms with Gasteiger partial charge in [0.1, 0.15) is 5.75 Å². The van der Waals surface area contributed by atoms with Gasteiger partial charge in [-0.1, -0.05) is 0 Å². The van der Waals surface area contributed by atoms with Gasteiger partial charge in [-0.3, -0.25) is 4.79 Å². The molecule has 0 aliphatic rings. The second-order valence-electron chi connectivity index (χ2n) is 4.40. The normalized spacial score (nSPS) is 10.8. The van der Waals surface area contributed by atoms with E-state index in [-0.39, 0.29) is 36.2 Å². The molecule has 4 nitrogen and oxygen atoms in total. The zero-order valence-corrected chi connectivity index (χ0v) is 13.2. The quantitative estimate of drug-likeness (QED) is 0.747. The fourth-order valence-electron chi connectivity index (χ4n) is 1.72. The molecule has 0 unspecified atom stereocenters. The molecule has 0 aliphatic heterocycles. The molecule has 0 heterocycles. The topological polar surface area (TPSA) is 50.4 Å². The molecule has 0 saturated heterocycles. The Bertz CT molecular complexity index is 482. The molecule has 0 radical (unpaired) electrons. The molecule has 0 fully saturated rings. The third-order valence-electron chi connectivity index (χ3n) is 2.71. The van der Waals surface area contributed by atoms with Crippen molar-refractivity contribution in [2.45, 2.75) is 25.9 Å². The molecule has 1 aromatic carbocycles. The number of rotatable bonds is 7. The van der Waals surface area contributed by atoms with Crippen molar-refractivity contribution < 1.29 is 22.7 Å². The van der Waals surface area contributed by atoms with Crippen LogP contribution in [0.2, 0.25) is 0 Å². The molecule has 2 N–H and O–H groups in total. The van der Waals surface area contributed by atoms with Crippen LogP contribution in [0.3, 0.4) is 0 Å². The molecular formula is C14H20ClF3N2O2. The van der Waals surface area contributed by atoms with Gasteiger partial charge < -0.3 is 15.4 Å². The van der Waals surface area contributed by atoms with Crippen LogP contribution < -0.4 is 15.4 Å². The highest BCUT2D eigenvalue weighted by atomic mass is 35.5. The molecule has 0 bridgehead atoms. The Balaban J connectivity index is 0.00000441. The van der Waals surface area contributed by atoms with Crippen LogP contribution in [0.4, 0.5) is 18.9 Å². The zero-order valence-electron chi connectivity index (χ0n) is 12.4. The third-order valence-corrected chi connectivity index (χ3v) is 2.71. The van der Waals surface area contributed by atoms with Gasteiger partial charge in [0.2, 0.25) is 5.91 Å². The molecule has 0 saturated carbocycles. The van der Waals surface area contributed by atoms with Gasteiger partial charge >= 0.3 is 6.18 Å². The maximum absolute atomic E-state index is 12.7. The number of hydrogen-bond acceptors (Lipinski definition) is 3. The summed E-state index contributed by atoms with van der Waals surface area (Å²) in [5.41, 5.74) is -0.780. The average Bonchev–Trinajstić information content (AvgIpc) is 2.40. The SMILES string of the molecule is CCOc1ccc(C(F)(F)F)cc1NC(=O)CCCNC.Cl. The summed E-state index contributed by atoms with van der Waals surface area (Å²) in [5.74, 6) is -0.113. The van der Waals surface area contributed by atoms with Crippen LogP contribution in [-0.4, -0.2) is 26.1 Å². The Morgan fingerprint density at radius 3 is 2.55 bits per heavy atom. The summed E-state index contributed by atoms with van der Waals surface area (Å²) < 4.78 is 43.4. The summed E-state index contributed by atoms with van der Waals surface area (Å²) in [7, 11) is 1.76. The van der Waals surface area contributed by atoms with Gasteiger partial charge in [0, 0.05) is 6.42 Å². The van der Waals surface area contributed by atoms with Crippen LogP contribution in [-0.2, 0) is 11.0 Å². The van der Waals surface area contributed by atoms with Gasteiger partial charge in [-0.15, -0.1) is 12.4 Å². The number of anilines is 1. The first kappa shape index (κ1) is 20.5. The van der Waals surface area contributed by atoms with Crippen molar-refractivity contribution in [3.8, 4) is 5.75 Å². The zero-order chi connectivity index (χ0) is 15.9. The van der Waals surface area contributed by atoms with Crippen molar-refractivity contribution in [1.82, 2.24) is 5.32 Å². The summed E-state index contributed by atoms with van der Waals surface area (Å²) in [4.78, 5) is 11.7. The Morgan fingerprint density at radius 1 is 1.32 bits per heavy atom. The van der Waals surface area contributed by atoms with Gasteiger partial charge in [-0.25, -0.2) is 0 Å². The number of alkyl halides is 3. The maximum atomic E-state index is 12.7. The number of halogens is 4. The largest absolute Gasteiger partial charge is 0.492 e. The van der Waals surface area contributed by atoms with Crippen LogP contribution in [0.5, 0.6) is 5.75 Å². The minimum Gasteiger partial charge on any atom is -0.492 e. The number of ether oxygens (including phenoxy) is 1. The van der Waals surface area contributed by atoms with E-state index in [9.17, 15) is 18.0 Å². The summed E-state index contributed by atoms with van der Waals surface area (Å²) in [6.07, 6.45) is -3.63. The van der Waals surface area contributed by atoms with Crippen molar-refractivity contribution in [2.75, 3.05) is 25.5 Å². The van der Waals surface area contributed by atoms with E-state index in [4.69, 9.17) is 4.74 Å². The van der Waals surface area contributed by atoms with Crippen molar-refractivity contribution in [3.63, 3.8) is 0 Å². The Morgan fingerprint density at radius 2 is 2.00 bits per heavy atom. The molecule has 1 amide bonds. The van der Waals surface area contributed by atoms with Crippen molar-refractivity contribution in [2.24, 2.45) is 0 Å². The van der Waals surface area contributed by atoms with Gasteiger partial charge in [0.05, 0.1) is 17.9 Å². The van der Waals surface area contributed by atoms with E-state index in [2.05, 4.69) is 10.6 Å². The summed E-state index contributed by atoms with van der Waals surface area (Å²) >= 11 is 0. The summed E-state index contributed by atoms with van der Waals surface area (Å²) in [6.45, 7) is 2.68. The van der Waals surface area contributed by atoms with E-state index in [1.54, 1.807) is 14.0 Å². The first-order valence-corrected chi connectivity index (χ1v) is 6.67. The van der Waals surface area contributed by atoms with Gasteiger partial charge in [-0.05, 0) is 45.1 Å². The van der Waals surface area contributed by atoms with E-state index in [0.717, 1.165) is 12.1 Å². The second kappa shape index (κ2) is 9.53. The molecule has 0 aliphatic carbocycles. The van der Waals surface area contributed by atoms with Gasteiger partial charge in [-0.2, -0.15) is 13.2 Å². The first-order valence-electron chi connectivity index (χ1n) is 6.67. The van der Waals surface area contributed by atoms with Crippen LogP contribution in [0, 0.1) is 0 Å². The van der Waals surface area contributed by atoms with E-state index in [1.165, 1.54) is 6.07 Å². The monoisotopic (exact) mass is 340 g/mol. The van der Waals surface area contributed by atoms with Crippen molar-refractivity contribution in [1.29, 1.82) is 0 Å². The molecule has 0 spiro atoms. The van der Waals surface area contributed by atoms with E-state index in [1.807, 2.05) is 0 Å². The predicted molar refractivity (Wildman–Crippen MR) is 81.7 cm³/mol. The van der Waals surface area contributed by atoms with Crippen LogP contribution >= 0.6 is 12.4 Å². The number of benzene rings is 1. The summed E-state index contributed by atoms with van der Waals surface area (Å²) in [6, 6.07) is 3.04. The first-order chi connectivity index (χ1) is 9.88. The molecular weight excluding hydrogens is 321 g/mol. The fraction of sp³-hybridized carbons (Fsp3) is 0.500. The lowest BCUT2D eigenvalue weighted by Crippen LogP contribution is -2.16. The highest BCUT2D eigenvalue weighted by Gasteiger charge is 2.31. The van der Waals surface area contributed by atoms with E-state index < -0.39 is 11.7 Å².